The first-order valence-electron chi connectivity index (χ1n) is 7.11. The van der Waals surface area contributed by atoms with Gasteiger partial charge >= 0.3 is 0 Å². The number of hydrogen-bond donors (Lipinski definition) is 3. The summed E-state index contributed by atoms with van der Waals surface area (Å²) >= 11 is 0. The van der Waals surface area contributed by atoms with E-state index in [0.29, 0.717) is 13.0 Å². The number of nitrogens with two attached hydrogens (primary N) is 1. The molecule has 0 aliphatic carbocycles. The van der Waals surface area contributed by atoms with Crippen molar-refractivity contribution < 1.29 is 14.6 Å². The van der Waals surface area contributed by atoms with Crippen molar-refractivity contribution >= 4 is 0 Å². The van der Waals surface area contributed by atoms with Gasteiger partial charge in [-0.25, -0.2) is 0 Å². The second kappa shape index (κ2) is 6.92. The topological polar surface area (TPSA) is 76.7 Å². The largest absolute Gasteiger partial charge is 0.496 e. The number of rotatable bonds is 7. The number of fused-ring (bicyclic) bond motifs is 1. The molecular formula is C15H24N2O3. The van der Waals surface area contributed by atoms with Gasteiger partial charge in [0.2, 0.25) is 0 Å². The van der Waals surface area contributed by atoms with Crippen molar-refractivity contribution in [3.05, 3.63) is 23.3 Å². The summed E-state index contributed by atoms with van der Waals surface area (Å²) in [6.45, 7) is 3.42. The number of aliphatic hydroxyl groups is 1. The highest BCUT2D eigenvalue weighted by Crippen LogP contribution is 2.37. The predicted octanol–water partition coefficient (Wildman–Crippen LogP) is 0.990. The molecule has 1 aromatic rings. The van der Waals surface area contributed by atoms with Crippen molar-refractivity contribution in [1.82, 2.24) is 5.32 Å². The van der Waals surface area contributed by atoms with Crippen molar-refractivity contribution in [2.75, 3.05) is 26.8 Å². The van der Waals surface area contributed by atoms with E-state index in [2.05, 4.69) is 12.2 Å². The normalized spacial score (nSPS) is 18.5. The first kappa shape index (κ1) is 15.1. The van der Waals surface area contributed by atoms with Gasteiger partial charge in [-0.2, -0.15) is 0 Å². The van der Waals surface area contributed by atoms with Gasteiger partial charge in [0.1, 0.15) is 17.6 Å². The van der Waals surface area contributed by atoms with Crippen molar-refractivity contribution in [3.63, 3.8) is 0 Å². The lowest BCUT2D eigenvalue weighted by Gasteiger charge is -2.20. The Bertz CT molecular complexity index is 451. The third-order valence-electron chi connectivity index (χ3n) is 3.59. The Morgan fingerprint density at radius 1 is 1.55 bits per heavy atom. The van der Waals surface area contributed by atoms with Crippen LogP contribution in [0.25, 0.3) is 0 Å². The van der Waals surface area contributed by atoms with Gasteiger partial charge < -0.3 is 25.6 Å². The van der Waals surface area contributed by atoms with Crippen LogP contribution < -0.4 is 20.5 Å². The van der Waals surface area contributed by atoms with Crippen LogP contribution in [0.2, 0.25) is 0 Å². The first-order chi connectivity index (χ1) is 9.69. The Morgan fingerprint density at radius 2 is 2.35 bits per heavy atom. The summed E-state index contributed by atoms with van der Waals surface area (Å²) in [6, 6.07) is 4.08. The monoisotopic (exact) mass is 280 g/mol. The fourth-order valence-corrected chi connectivity index (χ4v) is 2.58. The van der Waals surface area contributed by atoms with Crippen LogP contribution in [-0.4, -0.2) is 38.0 Å². The lowest BCUT2D eigenvalue weighted by Crippen LogP contribution is -2.29. The lowest BCUT2D eigenvalue weighted by molar-refractivity contribution is 0.254. The van der Waals surface area contributed by atoms with Gasteiger partial charge in [-0.05, 0) is 32.0 Å². The van der Waals surface area contributed by atoms with E-state index in [1.165, 1.54) is 5.56 Å². The zero-order valence-corrected chi connectivity index (χ0v) is 12.2. The highest BCUT2D eigenvalue weighted by molar-refractivity contribution is 5.50. The van der Waals surface area contributed by atoms with Gasteiger partial charge in [0.05, 0.1) is 7.11 Å². The zero-order valence-electron chi connectivity index (χ0n) is 12.2. The molecule has 1 aliphatic rings. The standard InChI is InChI=1S/C15H24N2O3/c1-10-6-11-7-15(19-2)12(8-14(11)20-10)13(9-16)17-4-3-5-18/h7-8,10,13,17-18H,3-6,9,16H2,1-2H3. The lowest BCUT2D eigenvalue weighted by atomic mass is 10.0. The van der Waals surface area contributed by atoms with E-state index in [1.807, 2.05) is 12.1 Å². The van der Waals surface area contributed by atoms with Crippen LogP contribution in [0.1, 0.15) is 30.5 Å². The molecule has 0 fully saturated rings. The second-order valence-corrected chi connectivity index (χ2v) is 5.15. The minimum Gasteiger partial charge on any atom is -0.496 e. The molecule has 0 aromatic heterocycles. The first-order valence-corrected chi connectivity index (χ1v) is 7.11. The highest BCUT2D eigenvalue weighted by atomic mass is 16.5. The molecule has 2 atom stereocenters. The van der Waals surface area contributed by atoms with Crippen LogP contribution in [-0.2, 0) is 6.42 Å². The fraction of sp³-hybridized carbons (Fsp3) is 0.600. The zero-order chi connectivity index (χ0) is 14.5. The molecule has 0 bridgehead atoms. The molecule has 1 heterocycles. The van der Waals surface area contributed by atoms with E-state index >= 15 is 0 Å². The Morgan fingerprint density at radius 3 is 3.00 bits per heavy atom. The minimum absolute atomic E-state index is 0.00121. The van der Waals surface area contributed by atoms with E-state index in [-0.39, 0.29) is 18.8 Å². The van der Waals surface area contributed by atoms with Gasteiger partial charge in [0.25, 0.3) is 0 Å². The molecule has 20 heavy (non-hydrogen) atoms. The molecule has 2 unspecified atom stereocenters. The van der Waals surface area contributed by atoms with Gasteiger partial charge in [-0.1, -0.05) is 0 Å². The molecule has 112 valence electrons. The van der Waals surface area contributed by atoms with Gasteiger partial charge in [0.15, 0.2) is 0 Å². The predicted molar refractivity (Wildman–Crippen MR) is 78.3 cm³/mol. The molecule has 1 aromatic carbocycles. The molecule has 0 saturated carbocycles. The van der Waals surface area contributed by atoms with E-state index in [4.69, 9.17) is 20.3 Å². The molecule has 0 spiro atoms. The van der Waals surface area contributed by atoms with Crippen LogP contribution in [0, 0.1) is 0 Å². The fourth-order valence-electron chi connectivity index (χ4n) is 2.58. The maximum atomic E-state index is 8.86. The summed E-state index contributed by atoms with van der Waals surface area (Å²) in [4.78, 5) is 0. The third-order valence-corrected chi connectivity index (χ3v) is 3.59. The van der Waals surface area contributed by atoms with Crippen molar-refractivity contribution in [3.8, 4) is 11.5 Å². The SMILES string of the molecule is COc1cc2c(cc1C(CN)NCCCO)OC(C)C2. The van der Waals surface area contributed by atoms with Crippen molar-refractivity contribution in [2.24, 2.45) is 5.73 Å². The number of nitrogens with one attached hydrogen (secondary N) is 1. The molecule has 4 N–H and O–H groups in total. The molecule has 1 aliphatic heterocycles. The number of ether oxygens (including phenoxy) is 2. The summed E-state index contributed by atoms with van der Waals surface area (Å²) in [5, 5.41) is 12.2. The smallest absolute Gasteiger partial charge is 0.124 e. The Labute approximate surface area is 120 Å². The van der Waals surface area contributed by atoms with E-state index in [0.717, 1.165) is 30.0 Å². The van der Waals surface area contributed by atoms with Crippen LogP contribution >= 0.6 is 0 Å². The number of hydrogen-bond acceptors (Lipinski definition) is 5. The number of methoxy groups -OCH3 is 1. The maximum Gasteiger partial charge on any atom is 0.124 e. The van der Waals surface area contributed by atoms with Crippen molar-refractivity contribution in [1.29, 1.82) is 0 Å². The highest BCUT2D eigenvalue weighted by Gasteiger charge is 2.24. The molecule has 5 heteroatoms. The quantitative estimate of drug-likeness (QED) is 0.649. The summed E-state index contributed by atoms with van der Waals surface area (Å²) in [7, 11) is 1.67. The molecule has 2 rings (SSSR count). The summed E-state index contributed by atoms with van der Waals surface area (Å²) in [6.07, 6.45) is 1.83. The minimum atomic E-state index is 0.00121. The van der Waals surface area contributed by atoms with Crippen LogP contribution in [0.4, 0.5) is 0 Å². The maximum absolute atomic E-state index is 8.86. The van der Waals surface area contributed by atoms with Crippen molar-refractivity contribution in [2.45, 2.75) is 31.9 Å². The van der Waals surface area contributed by atoms with Gasteiger partial charge in [-0.3, -0.25) is 0 Å². The van der Waals surface area contributed by atoms with Gasteiger partial charge in [0, 0.05) is 36.7 Å². The van der Waals surface area contributed by atoms with E-state index < -0.39 is 0 Å². The average molecular weight is 280 g/mol. The van der Waals surface area contributed by atoms with Crippen LogP contribution in [0.3, 0.4) is 0 Å². The third kappa shape index (κ3) is 3.23. The Hall–Kier alpha value is -1.30. The molecule has 0 saturated heterocycles. The Kier molecular flexibility index (Phi) is 5.23. The molecule has 5 nitrogen and oxygen atoms in total. The molecule has 0 radical (unpaired) electrons. The average Bonchev–Trinajstić information content (AvgIpc) is 2.81. The summed E-state index contributed by atoms with van der Waals surface area (Å²) in [5.74, 6) is 1.77. The van der Waals surface area contributed by atoms with E-state index in [9.17, 15) is 0 Å². The number of aliphatic hydroxyl groups excluding tert-OH is 1. The van der Waals surface area contributed by atoms with Crippen LogP contribution in [0.5, 0.6) is 11.5 Å². The summed E-state index contributed by atoms with van der Waals surface area (Å²) in [5.41, 5.74) is 8.06. The van der Waals surface area contributed by atoms with E-state index in [1.54, 1.807) is 7.11 Å². The second-order valence-electron chi connectivity index (χ2n) is 5.15. The molecular weight excluding hydrogens is 256 g/mol. The van der Waals surface area contributed by atoms with Crippen LogP contribution in [0.15, 0.2) is 12.1 Å². The molecule has 0 amide bonds. The van der Waals surface area contributed by atoms with Gasteiger partial charge in [-0.15, -0.1) is 0 Å². The number of benzene rings is 1. The Balaban J connectivity index is 2.22. The summed E-state index contributed by atoms with van der Waals surface area (Å²) < 4.78 is 11.3.